The number of imidazole rings is 1. The average Bonchev–Trinajstić information content (AvgIpc) is 3.14. The first-order chi connectivity index (χ1) is 15.7. The van der Waals surface area contributed by atoms with E-state index in [1.165, 1.54) is 16.5 Å². The van der Waals surface area contributed by atoms with Crippen molar-refractivity contribution in [2.75, 3.05) is 14.1 Å². The number of aryl methyl sites for hydroxylation is 2. The lowest BCUT2D eigenvalue weighted by Crippen LogP contribution is -2.37. The summed E-state index contributed by atoms with van der Waals surface area (Å²) in [6, 6.07) is 14.8. The molecule has 0 N–H and O–H groups in total. The van der Waals surface area contributed by atoms with Gasteiger partial charge in [0.15, 0.2) is 11.2 Å². The van der Waals surface area contributed by atoms with Crippen LogP contribution in [0, 0.1) is 6.92 Å². The van der Waals surface area contributed by atoms with Gasteiger partial charge in [-0.15, -0.1) is 0 Å². The summed E-state index contributed by atoms with van der Waals surface area (Å²) in [6.07, 6.45) is 0. The van der Waals surface area contributed by atoms with Gasteiger partial charge in [-0.2, -0.15) is 4.98 Å². The lowest BCUT2D eigenvalue weighted by Gasteiger charge is -2.12. The summed E-state index contributed by atoms with van der Waals surface area (Å²) < 4.78 is 10.1. The lowest BCUT2D eigenvalue weighted by atomic mass is 10.1. The molecular weight excluding hydrogens is 422 g/mol. The minimum atomic E-state index is -0.467. The van der Waals surface area contributed by atoms with Crippen molar-refractivity contribution in [2.24, 2.45) is 14.1 Å². The van der Waals surface area contributed by atoms with Crippen LogP contribution in [0.15, 0.2) is 58.1 Å². The van der Waals surface area contributed by atoms with Gasteiger partial charge in [0.1, 0.15) is 5.75 Å². The molecule has 9 nitrogen and oxygen atoms in total. The van der Waals surface area contributed by atoms with Gasteiger partial charge in [0.2, 0.25) is 0 Å². The number of carbonyl (C=O) groups excluding carboxylic acids is 1. The van der Waals surface area contributed by atoms with Crippen molar-refractivity contribution in [3.05, 3.63) is 86.1 Å². The Morgan fingerprint density at radius 2 is 1.73 bits per heavy atom. The van der Waals surface area contributed by atoms with E-state index in [1.807, 2.05) is 31.2 Å². The fourth-order valence-corrected chi connectivity index (χ4v) is 3.67. The zero-order valence-corrected chi connectivity index (χ0v) is 19.2. The van der Waals surface area contributed by atoms with Crippen molar-refractivity contribution in [2.45, 2.75) is 13.5 Å². The molecule has 0 saturated carbocycles. The van der Waals surface area contributed by atoms with Crippen LogP contribution in [0.25, 0.3) is 11.2 Å². The summed E-state index contributed by atoms with van der Waals surface area (Å²) in [5, 5.41) is 0. The average molecular weight is 447 g/mol. The fourth-order valence-electron chi connectivity index (χ4n) is 3.67. The Kier molecular flexibility index (Phi) is 5.63. The maximum Gasteiger partial charge on any atom is 0.332 e. The molecule has 1 amide bonds. The van der Waals surface area contributed by atoms with Crippen molar-refractivity contribution in [1.82, 2.24) is 23.6 Å². The molecular formula is C24H25N5O4. The molecule has 33 heavy (non-hydrogen) atoms. The number of fused-ring (bicyclic) bond motifs is 1. The van der Waals surface area contributed by atoms with E-state index in [9.17, 15) is 14.4 Å². The van der Waals surface area contributed by atoms with Crippen molar-refractivity contribution in [3.8, 4) is 11.8 Å². The van der Waals surface area contributed by atoms with Crippen LogP contribution in [0.4, 0.5) is 0 Å². The van der Waals surface area contributed by atoms with Gasteiger partial charge in [-0.1, -0.05) is 29.8 Å². The van der Waals surface area contributed by atoms with E-state index in [4.69, 9.17) is 4.74 Å². The molecule has 0 fully saturated rings. The Hall–Kier alpha value is -4.14. The first-order valence-electron chi connectivity index (χ1n) is 10.4. The summed E-state index contributed by atoms with van der Waals surface area (Å²) in [5.41, 5.74) is 2.17. The molecule has 9 heteroatoms. The van der Waals surface area contributed by atoms with Gasteiger partial charge in [0.25, 0.3) is 11.5 Å². The van der Waals surface area contributed by atoms with Gasteiger partial charge in [-0.3, -0.25) is 23.3 Å². The van der Waals surface area contributed by atoms with Crippen LogP contribution in [0.2, 0.25) is 0 Å². The molecule has 4 aromatic rings. The molecule has 0 spiro atoms. The molecule has 0 aliphatic rings. The number of amides is 1. The van der Waals surface area contributed by atoms with Crippen molar-refractivity contribution in [3.63, 3.8) is 0 Å². The minimum Gasteiger partial charge on any atom is -0.425 e. The second-order valence-corrected chi connectivity index (χ2v) is 8.17. The van der Waals surface area contributed by atoms with Crippen molar-refractivity contribution >= 4 is 17.1 Å². The van der Waals surface area contributed by atoms with Crippen LogP contribution in [-0.4, -0.2) is 43.6 Å². The third-order valence-electron chi connectivity index (χ3n) is 5.45. The fraction of sp³-hybridized carbons (Fsp3) is 0.250. The Morgan fingerprint density at radius 3 is 2.36 bits per heavy atom. The number of hydrogen-bond acceptors (Lipinski definition) is 5. The van der Waals surface area contributed by atoms with Gasteiger partial charge in [0, 0.05) is 33.8 Å². The van der Waals surface area contributed by atoms with Crippen molar-refractivity contribution < 1.29 is 9.53 Å². The second kappa shape index (κ2) is 8.42. The topological polar surface area (TPSA) is 91.4 Å². The van der Waals surface area contributed by atoms with E-state index in [0.717, 1.165) is 15.7 Å². The van der Waals surface area contributed by atoms with Gasteiger partial charge in [0.05, 0.1) is 6.54 Å². The number of hydrogen-bond donors (Lipinski definition) is 0. The zero-order valence-electron chi connectivity index (χ0n) is 19.2. The third-order valence-corrected chi connectivity index (χ3v) is 5.45. The molecule has 2 aromatic carbocycles. The predicted molar refractivity (Wildman–Crippen MR) is 125 cm³/mol. The standard InChI is InChI=1S/C24H25N5O4/c1-15-7-6-8-16(13-15)14-29-19-20(27(4)24(32)28(5)22(19)31)25-23(29)33-18-11-9-17(10-12-18)21(30)26(2)3/h6-13H,14H2,1-5H3. The number of aromatic nitrogens is 4. The number of ether oxygens (including phenoxy) is 1. The number of rotatable bonds is 5. The Balaban J connectivity index is 1.84. The monoisotopic (exact) mass is 447 g/mol. The Morgan fingerprint density at radius 1 is 1.03 bits per heavy atom. The van der Waals surface area contributed by atoms with E-state index < -0.39 is 11.2 Å². The van der Waals surface area contributed by atoms with Gasteiger partial charge >= 0.3 is 11.7 Å². The first-order valence-corrected chi connectivity index (χ1v) is 10.4. The molecule has 0 aliphatic heterocycles. The maximum atomic E-state index is 13.0. The number of carbonyl (C=O) groups is 1. The molecule has 2 heterocycles. The highest BCUT2D eigenvalue weighted by Gasteiger charge is 2.21. The normalized spacial score (nSPS) is 11.1. The van der Waals surface area contributed by atoms with Crippen LogP contribution < -0.4 is 16.0 Å². The molecule has 0 saturated heterocycles. The van der Waals surface area contributed by atoms with Crippen LogP contribution in [0.3, 0.4) is 0 Å². The van der Waals surface area contributed by atoms with Gasteiger partial charge in [-0.25, -0.2) is 4.79 Å². The first kappa shape index (κ1) is 22.1. The molecule has 0 atom stereocenters. The van der Waals surface area contributed by atoms with Crippen LogP contribution in [-0.2, 0) is 20.6 Å². The molecule has 0 radical (unpaired) electrons. The molecule has 0 unspecified atom stereocenters. The largest absolute Gasteiger partial charge is 0.425 e. The third kappa shape index (κ3) is 4.05. The van der Waals surface area contributed by atoms with E-state index in [0.29, 0.717) is 17.9 Å². The molecule has 170 valence electrons. The predicted octanol–water partition coefficient (Wildman–Crippen LogP) is 2.28. The van der Waals surface area contributed by atoms with E-state index in [1.54, 1.807) is 50.0 Å². The van der Waals surface area contributed by atoms with Gasteiger partial charge < -0.3 is 9.64 Å². The molecule has 2 aromatic heterocycles. The maximum absolute atomic E-state index is 13.0. The molecule has 0 bridgehead atoms. The minimum absolute atomic E-state index is 0.119. The van der Waals surface area contributed by atoms with E-state index >= 15 is 0 Å². The second-order valence-electron chi connectivity index (χ2n) is 8.17. The smallest absolute Gasteiger partial charge is 0.332 e. The highest BCUT2D eigenvalue weighted by molar-refractivity contribution is 5.93. The Bertz CT molecular complexity index is 1480. The summed E-state index contributed by atoms with van der Waals surface area (Å²) in [5.74, 6) is 0.333. The van der Waals surface area contributed by atoms with Crippen LogP contribution in [0.5, 0.6) is 11.8 Å². The highest BCUT2D eigenvalue weighted by Crippen LogP contribution is 2.26. The van der Waals surface area contributed by atoms with Crippen molar-refractivity contribution in [1.29, 1.82) is 0 Å². The SMILES string of the molecule is Cc1cccc(Cn2c(Oc3ccc(C(=O)N(C)C)cc3)nc3c2c(=O)n(C)c(=O)n3C)c1. The lowest BCUT2D eigenvalue weighted by molar-refractivity contribution is 0.0827. The summed E-state index contributed by atoms with van der Waals surface area (Å²) >= 11 is 0. The zero-order chi connectivity index (χ0) is 23.9. The molecule has 0 aliphatic carbocycles. The van der Waals surface area contributed by atoms with Gasteiger partial charge in [-0.05, 0) is 36.8 Å². The Labute approximate surface area is 190 Å². The van der Waals surface area contributed by atoms with E-state index in [2.05, 4.69) is 4.98 Å². The number of nitrogens with zero attached hydrogens (tertiary/aromatic N) is 5. The number of benzene rings is 2. The highest BCUT2D eigenvalue weighted by atomic mass is 16.5. The quantitative estimate of drug-likeness (QED) is 0.468. The van der Waals surface area contributed by atoms with Crippen LogP contribution >= 0.6 is 0 Å². The summed E-state index contributed by atoms with van der Waals surface area (Å²) in [4.78, 5) is 43.6. The summed E-state index contributed by atoms with van der Waals surface area (Å²) in [7, 11) is 6.38. The van der Waals surface area contributed by atoms with Crippen LogP contribution in [0.1, 0.15) is 21.5 Å². The molecule has 4 rings (SSSR count). The van der Waals surface area contributed by atoms with E-state index in [-0.39, 0.29) is 23.1 Å². The summed E-state index contributed by atoms with van der Waals surface area (Å²) in [6.45, 7) is 2.32.